The first kappa shape index (κ1) is 6.90. The van der Waals surface area contributed by atoms with Crippen LogP contribution in [-0.2, 0) is 4.74 Å². The van der Waals surface area contributed by atoms with E-state index in [1.165, 1.54) is 5.54 Å². The Kier molecular flexibility index (Phi) is 1.68. The molecule has 0 radical (unpaired) electrons. The van der Waals surface area contributed by atoms with Gasteiger partial charge >= 0.3 is 0 Å². The fourth-order valence-corrected chi connectivity index (χ4v) is 1.09. The molecule has 0 aromatic carbocycles. The van der Waals surface area contributed by atoms with E-state index >= 15 is 0 Å². The van der Waals surface area contributed by atoms with Crippen LogP contribution in [0.2, 0.25) is 0 Å². The molecule has 1 heterocycles. The Morgan fingerprint density at radius 1 is 1.89 bits per heavy atom. The maximum Gasteiger partial charge on any atom is 0.139 e. The Bertz CT molecular complexity index is 140. The predicted octanol–water partition coefficient (Wildman–Crippen LogP) is 1.24. The molecule has 1 aliphatic rings. The third-order valence-electron chi connectivity index (χ3n) is 1.48. The summed E-state index contributed by atoms with van der Waals surface area (Å²) in [5.41, 5.74) is 0.453. The highest BCUT2D eigenvalue weighted by molar-refractivity contribution is 6.25. The molecule has 0 saturated carbocycles. The van der Waals surface area contributed by atoms with Gasteiger partial charge in [0, 0.05) is 12.0 Å². The lowest BCUT2D eigenvalue weighted by Gasteiger charge is -2.13. The summed E-state index contributed by atoms with van der Waals surface area (Å²) in [5, 5.41) is 9.38. The molecule has 1 saturated heterocycles. The van der Waals surface area contributed by atoms with Crippen LogP contribution in [0.3, 0.4) is 0 Å². The van der Waals surface area contributed by atoms with E-state index < -0.39 is 5.60 Å². The zero-order chi connectivity index (χ0) is 6.91. The van der Waals surface area contributed by atoms with Gasteiger partial charge in [0.05, 0.1) is 6.61 Å². The van der Waals surface area contributed by atoms with Crippen molar-refractivity contribution in [3.63, 3.8) is 0 Å². The highest BCUT2D eigenvalue weighted by Gasteiger charge is 2.32. The Labute approximate surface area is 59.1 Å². The van der Waals surface area contributed by atoms with Crippen molar-refractivity contribution in [3.05, 3.63) is 11.3 Å². The van der Waals surface area contributed by atoms with Crippen molar-refractivity contribution in [1.82, 2.24) is 0 Å². The highest BCUT2D eigenvalue weighted by Crippen LogP contribution is 2.28. The molecule has 52 valence electrons. The van der Waals surface area contributed by atoms with Crippen molar-refractivity contribution in [2.75, 3.05) is 6.61 Å². The molecule has 1 fully saturated rings. The van der Waals surface area contributed by atoms with Crippen LogP contribution in [0.15, 0.2) is 11.3 Å². The summed E-state index contributed by atoms with van der Waals surface area (Å²) in [5.74, 6) is 0.476. The summed E-state index contributed by atoms with van der Waals surface area (Å²) < 4.78 is 5.00. The number of aliphatic hydroxyl groups is 1. The second-order valence-corrected chi connectivity index (χ2v) is 2.56. The number of hydrogen-bond acceptors (Lipinski definition) is 2. The number of hydrogen-bond donors (Lipinski definition) is 1. The largest absolute Gasteiger partial charge is 0.494 e. The van der Waals surface area contributed by atoms with Crippen LogP contribution in [0.25, 0.3) is 0 Å². The van der Waals surface area contributed by atoms with E-state index in [2.05, 4.69) is 0 Å². The average Bonchev–Trinajstić information content (AvgIpc) is 2.08. The molecule has 0 bridgehead atoms. The SMILES string of the molecule is CC1(O)CCO/C1=C\Cl. The smallest absolute Gasteiger partial charge is 0.139 e. The first-order chi connectivity index (χ1) is 4.17. The number of ether oxygens (including phenoxy) is 1. The lowest BCUT2D eigenvalue weighted by atomic mass is 10.0. The van der Waals surface area contributed by atoms with Crippen molar-refractivity contribution in [1.29, 1.82) is 0 Å². The van der Waals surface area contributed by atoms with Crippen molar-refractivity contribution in [2.45, 2.75) is 18.9 Å². The van der Waals surface area contributed by atoms with E-state index in [1.807, 2.05) is 0 Å². The molecule has 0 aromatic rings. The van der Waals surface area contributed by atoms with Crippen molar-refractivity contribution < 1.29 is 9.84 Å². The number of halogens is 1. The van der Waals surface area contributed by atoms with Gasteiger partial charge in [0.15, 0.2) is 0 Å². The topological polar surface area (TPSA) is 29.5 Å². The minimum atomic E-state index is -0.832. The van der Waals surface area contributed by atoms with Crippen LogP contribution in [0.5, 0.6) is 0 Å². The van der Waals surface area contributed by atoms with E-state index in [1.54, 1.807) is 6.92 Å². The van der Waals surface area contributed by atoms with Gasteiger partial charge in [-0.15, -0.1) is 0 Å². The monoisotopic (exact) mass is 148 g/mol. The van der Waals surface area contributed by atoms with Crippen molar-refractivity contribution >= 4 is 11.6 Å². The van der Waals surface area contributed by atoms with Crippen LogP contribution in [-0.4, -0.2) is 17.3 Å². The molecule has 1 unspecified atom stereocenters. The summed E-state index contributed by atoms with van der Waals surface area (Å²) in [6, 6.07) is 0. The summed E-state index contributed by atoms with van der Waals surface area (Å²) in [6.07, 6.45) is 0.631. The molecule has 0 aliphatic carbocycles. The van der Waals surface area contributed by atoms with Gasteiger partial charge in [-0.3, -0.25) is 0 Å². The second-order valence-electron chi connectivity index (χ2n) is 2.35. The Hall–Kier alpha value is -0.210. The van der Waals surface area contributed by atoms with Gasteiger partial charge in [0.2, 0.25) is 0 Å². The molecule has 1 N–H and O–H groups in total. The van der Waals surface area contributed by atoms with Crippen LogP contribution in [0.4, 0.5) is 0 Å². The minimum Gasteiger partial charge on any atom is -0.494 e. The zero-order valence-electron chi connectivity index (χ0n) is 5.22. The third-order valence-corrected chi connectivity index (χ3v) is 1.67. The third kappa shape index (κ3) is 1.19. The Morgan fingerprint density at radius 2 is 2.56 bits per heavy atom. The van der Waals surface area contributed by atoms with E-state index in [-0.39, 0.29) is 0 Å². The molecule has 0 aromatic heterocycles. The highest BCUT2D eigenvalue weighted by atomic mass is 35.5. The first-order valence-corrected chi connectivity index (χ1v) is 3.26. The molecule has 1 aliphatic heterocycles. The van der Waals surface area contributed by atoms with Crippen LogP contribution in [0, 0.1) is 0 Å². The fourth-order valence-electron chi connectivity index (χ4n) is 0.787. The van der Waals surface area contributed by atoms with Gasteiger partial charge in [0.1, 0.15) is 11.4 Å². The lowest BCUT2D eigenvalue weighted by molar-refractivity contribution is 0.0927. The van der Waals surface area contributed by atoms with Crippen molar-refractivity contribution in [3.8, 4) is 0 Å². The second kappa shape index (κ2) is 2.20. The van der Waals surface area contributed by atoms with E-state index in [0.29, 0.717) is 18.8 Å². The van der Waals surface area contributed by atoms with Crippen LogP contribution in [0.1, 0.15) is 13.3 Å². The lowest BCUT2D eigenvalue weighted by Crippen LogP contribution is -2.20. The van der Waals surface area contributed by atoms with E-state index in [0.717, 1.165) is 0 Å². The summed E-state index contributed by atoms with van der Waals surface area (Å²) in [4.78, 5) is 0. The van der Waals surface area contributed by atoms with Gasteiger partial charge in [-0.05, 0) is 6.92 Å². The molecular formula is C6H9ClO2. The standard InChI is InChI=1S/C6H9ClO2/c1-6(8)2-3-9-5(6)4-7/h4,8H,2-3H2,1H3/b5-4-. The molecule has 1 atom stereocenters. The Balaban J connectivity index is 2.75. The fraction of sp³-hybridized carbons (Fsp3) is 0.667. The van der Waals surface area contributed by atoms with Gasteiger partial charge in [0.25, 0.3) is 0 Å². The van der Waals surface area contributed by atoms with Gasteiger partial charge in [-0.2, -0.15) is 0 Å². The van der Waals surface area contributed by atoms with Gasteiger partial charge in [-0.1, -0.05) is 11.6 Å². The number of rotatable bonds is 0. The molecule has 0 spiro atoms. The van der Waals surface area contributed by atoms with Crippen molar-refractivity contribution in [2.24, 2.45) is 0 Å². The average molecular weight is 149 g/mol. The maximum atomic E-state index is 9.38. The molecular weight excluding hydrogens is 140 g/mol. The molecule has 3 heteroatoms. The molecule has 2 nitrogen and oxygen atoms in total. The van der Waals surface area contributed by atoms with Gasteiger partial charge < -0.3 is 9.84 Å². The van der Waals surface area contributed by atoms with Crippen LogP contribution >= 0.6 is 11.6 Å². The normalized spacial score (nSPS) is 39.2. The Morgan fingerprint density at radius 3 is 2.78 bits per heavy atom. The minimum absolute atomic E-state index is 0.476. The molecule has 9 heavy (non-hydrogen) atoms. The first-order valence-electron chi connectivity index (χ1n) is 2.83. The molecule has 0 amide bonds. The summed E-state index contributed by atoms with van der Waals surface area (Å²) in [7, 11) is 0. The van der Waals surface area contributed by atoms with Crippen LogP contribution < -0.4 is 0 Å². The van der Waals surface area contributed by atoms with Gasteiger partial charge in [-0.25, -0.2) is 0 Å². The zero-order valence-corrected chi connectivity index (χ0v) is 5.98. The van der Waals surface area contributed by atoms with E-state index in [4.69, 9.17) is 16.3 Å². The van der Waals surface area contributed by atoms with E-state index in [9.17, 15) is 5.11 Å². The maximum absolute atomic E-state index is 9.38. The quantitative estimate of drug-likeness (QED) is 0.560. The predicted molar refractivity (Wildman–Crippen MR) is 35.1 cm³/mol. The molecule has 1 rings (SSSR count). The summed E-state index contributed by atoms with van der Waals surface area (Å²) >= 11 is 5.35. The summed E-state index contributed by atoms with van der Waals surface area (Å²) in [6.45, 7) is 2.25.